The number of nitrogens with zero attached hydrogens (tertiary/aromatic N) is 5. The van der Waals surface area contributed by atoms with Crippen LogP contribution in [0.3, 0.4) is 0 Å². The van der Waals surface area contributed by atoms with Gasteiger partial charge in [-0.05, 0) is 45.1 Å². The molecule has 1 amide bonds. The smallest absolute Gasteiger partial charge is 0.246 e. The molecule has 216 valence electrons. The van der Waals surface area contributed by atoms with Crippen LogP contribution in [0.5, 0.6) is 5.75 Å². The Kier molecular flexibility index (Phi) is 7.65. The first-order chi connectivity index (χ1) is 19.7. The normalized spacial score (nSPS) is 20.4. The van der Waals surface area contributed by atoms with E-state index in [1.165, 1.54) is 12.1 Å². The Labute approximate surface area is 253 Å². The molecule has 1 aliphatic carbocycles. The third-order valence-corrected chi connectivity index (χ3v) is 9.11. The molecule has 0 unspecified atom stereocenters. The number of piperazine rings is 1. The van der Waals surface area contributed by atoms with E-state index in [-0.39, 0.29) is 39.1 Å². The summed E-state index contributed by atoms with van der Waals surface area (Å²) >= 11 is 19.7. The average Bonchev–Trinajstić information content (AvgIpc) is 2.90. The van der Waals surface area contributed by atoms with Crippen molar-refractivity contribution in [2.75, 3.05) is 63.6 Å². The summed E-state index contributed by atoms with van der Waals surface area (Å²) in [7, 11) is 4.15. The largest absolute Gasteiger partial charge is 0.489 e. The number of aromatic nitrogens is 2. The number of benzene rings is 2. The lowest BCUT2D eigenvalue weighted by molar-refractivity contribution is -0.126. The van der Waals surface area contributed by atoms with Gasteiger partial charge in [-0.15, -0.1) is 0 Å². The molecule has 12 heteroatoms. The van der Waals surface area contributed by atoms with Gasteiger partial charge in [0.25, 0.3) is 0 Å². The molecule has 1 saturated heterocycles. The van der Waals surface area contributed by atoms with Crippen molar-refractivity contribution in [1.29, 1.82) is 0 Å². The van der Waals surface area contributed by atoms with E-state index >= 15 is 4.39 Å². The van der Waals surface area contributed by atoms with Crippen LogP contribution in [0.1, 0.15) is 24.6 Å². The van der Waals surface area contributed by atoms with E-state index in [0.717, 1.165) is 18.7 Å². The van der Waals surface area contributed by atoms with E-state index in [2.05, 4.69) is 35.8 Å². The Morgan fingerprint density at radius 3 is 2.51 bits per heavy atom. The summed E-state index contributed by atoms with van der Waals surface area (Å²) in [6.07, 6.45) is 3.20. The predicted octanol–water partition coefficient (Wildman–Crippen LogP) is 5.84. The molecule has 1 aromatic heterocycles. The fraction of sp³-hybridized carbons (Fsp3) is 0.414. The van der Waals surface area contributed by atoms with Crippen LogP contribution in [-0.2, 0) is 4.79 Å². The molecule has 0 spiro atoms. The van der Waals surface area contributed by atoms with Gasteiger partial charge in [0.15, 0.2) is 11.6 Å². The molecule has 0 radical (unpaired) electrons. The molecule has 1 N–H and O–H groups in total. The molecule has 6 rings (SSSR count). The van der Waals surface area contributed by atoms with Crippen molar-refractivity contribution in [2.45, 2.75) is 24.8 Å². The molecule has 0 atom stereocenters. The Bertz CT molecular complexity index is 1550. The van der Waals surface area contributed by atoms with Crippen LogP contribution in [0.25, 0.3) is 22.0 Å². The van der Waals surface area contributed by atoms with E-state index in [1.54, 1.807) is 11.0 Å². The Morgan fingerprint density at radius 1 is 1.10 bits per heavy atom. The Balaban J connectivity index is 1.55. The van der Waals surface area contributed by atoms with Gasteiger partial charge in [-0.25, -0.2) is 14.4 Å². The number of nitrogens with one attached hydrogen (secondary N) is 1. The summed E-state index contributed by atoms with van der Waals surface area (Å²) in [6.45, 7) is 6.52. The molecule has 3 aliphatic rings. The average molecular weight is 620 g/mol. The maximum Gasteiger partial charge on any atom is 0.246 e. The summed E-state index contributed by atoms with van der Waals surface area (Å²) in [6, 6.07) is 3.60. The highest BCUT2D eigenvalue weighted by molar-refractivity contribution is 6.39. The molecule has 8 nitrogen and oxygen atoms in total. The van der Waals surface area contributed by atoms with Crippen LogP contribution in [0, 0.1) is 5.82 Å². The number of hydrogen-bond donors (Lipinski definition) is 1. The number of carbonyl (C=O) groups excluding carboxylic acids is 1. The minimum atomic E-state index is -0.642. The minimum Gasteiger partial charge on any atom is -0.489 e. The number of ether oxygens (including phenoxy) is 1. The van der Waals surface area contributed by atoms with Crippen LogP contribution < -0.4 is 15.0 Å². The van der Waals surface area contributed by atoms with Crippen LogP contribution in [0.4, 0.5) is 15.9 Å². The van der Waals surface area contributed by atoms with Crippen molar-refractivity contribution in [3.05, 3.63) is 51.5 Å². The molecule has 41 heavy (non-hydrogen) atoms. The van der Waals surface area contributed by atoms with Crippen molar-refractivity contribution in [3.8, 4) is 16.9 Å². The second kappa shape index (κ2) is 11.1. The van der Waals surface area contributed by atoms with Crippen LogP contribution in [0.15, 0.2) is 24.8 Å². The second-order valence-corrected chi connectivity index (χ2v) is 12.1. The Morgan fingerprint density at radius 2 is 1.83 bits per heavy atom. The minimum absolute atomic E-state index is 0.0912. The summed E-state index contributed by atoms with van der Waals surface area (Å²) in [5.41, 5.74) is 1.47. The molecule has 2 aromatic carbocycles. The molecule has 1 saturated carbocycles. The summed E-state index contributed by atoms with van der Waals surface area (Å²) in [4.78, 5) is 28.5. The molecule has 3 aromatic rings. The third kappa shape index (κ3) is 4.96. The molecule has 0 bridgehead atoms. The lowest BCUT2D eigenvalue weighted by Gasteiger charge is -2.40. The van der Waals surface area contributed by atoms with E-state index in [9.17, 15) is 4.79 Å². The number of fused-ring (bicyclic) bond motifs is 5. The number of rotatable bonds is 4. The number of amides is 1. The van der Waals surface area contributed by atoms with Gasteiger partial charge in [-0.2, -0.15) is 0 Å². The highest BCUT2D eigenvalue weighted by atomic mass is 35.5. The number of carbonyl (C=O) groups is 1. The van der Waals surface area contributed by atoms with Gasteiger partial charge in [-0.3, -0.25) is 4.79 Å². The van der Waals surface area contributed by atoms with Crippen LogP contribution >= 0.6 is 34.8 Å². The van der Waals surface area contributed by atoms with Gasteiger partial charge in [0.2, 0.25) is 5.91 Å². The van der Waals surface area contributed by atoms with Gasteiger partial charge in [-0.1, -0.05) is 41.4 Å². The Hall–Kier alpha value is -2.85. The van der Waals surface area contributed by atoms with Crippen molar-refractivity contribution < 1.29 is 13.9 Å². The fourth-order valence-corrected chi connectivity index (χ4v) is 6.64. The van der Waals surface area contributed by atoms with Gasteiger partial charge >= 0.3 is 0 Å². The quantitative estimate of drug-likeness (QED) is 0.291. The maximum atomic E-state index is 15.7. The SMILES string of the molecule is C=CC(=O)N1CCN(c2nc(C3CC(N(C)C)C3)nc3c4c(c(Cl)cc23)-c2c(F)c(Cl)cc(Cl)c2NCCO4)CC1. The molecule has 2 aliphatic heterocycles. The zero-order valence-corrected chi connectivity index (χ0v) is 25.1. The third-order valence-electron chi connectivity index (χ3n) is 8.24. The van der Waals surface area contributed by atoms with Crippen LogP contribution in [-0.4, -0.2) is 85.1 Å². The lowest BCUT2D eigenvalue weighted by atomic mass is 9.79. The van der Waals surface area contributed by atoms with Crippen molar-refractivity contribution in [3.63, 3.8) is 0 Å². The number of hydrogen-bond acceptors (Lipinski definition) is 7. The number of anilines is 2. The predicted molar refractivity (Wildman–Crippen MR) is 162 cm³/mol. The molecule has 3 heterocycles. The lowest BCUT2D eigenvalue weighted by Crippen LogP contribution is -2.48. The highest BCUT2D eigenvalue weighted by Crippen LogP contribution is 2.51. The van der Waals surface area contributed by atoms with Gasteiger partial charge < -0.3 is 24.8 Å². The highest BCUT2D eigenvalue weighted by Gasteiger charge is 2.36. The molecular formula is C29H30Cl3FN6O2. The van der Waals surface area contributed by atoms with E-state index in [0.29, 0.717) is 72.5 Å². The zero-order valence-electron chi connectivity index (χ0n) is 22.8. The first-order valence-electron chi connectivity index (χ1n) is 13.6. The summed E-state index contributed by atoms with van der Waals surface area (Å²) < 4.78 is 22.0. The molecule has 2 fully saturated rings. The first-order valence-corrected chi connectivity index (χ1v) is 14.7. The van der Waals surface area contributed by atoms with E-state index in [1.807, 2.05) is 0 Å². The summed E-state index contributed by atoms with van der Waals surface area (Å²) in [5.74, 6) is 1.25. The van der Waals surface area contributed by atoms with Gasteiger partial charge in [0, 0.05) is 61.2 Å². The maximum absolute atomic E-state index is 15.7. The van der Waals surface area contributed by atoms with E-state index < -0.39 is 5.82 Å². The second-order valence-electron chi connectivity index (χ2n) is 10.8. The summed E-state index contributed by atoms with van der Waals surface area (Å²) in [5, 5.41) is 4.31. The topological polar surface area (TPSA) is 73.8 Å². The van der Waals surface area contributed by atoms with Crippen molar-refractivity contribution >= 4 is 63.1 Å². The zero-order chi connectivity index (χ0) is 29.0. The van der Waals surface area contributed by atoms with E-state index in [4.69, 9.17) is 49.5 Å². The van der Waals surface area contributed by atoms with Crippen molar-refractivity contribution in [1.82, 2.24) is 19.8 Å². The van der Waals surface area contributed by atoms with Gasteiger partial charge in [0.1, 0.15) is 23.8 Å². The monoisotopic (exact) mass is 618 g/mol. The molecular weight excluding hydrogens is 590 g/mol. The number of halogens is 4. The first kappa shape index (κ1) is 28.3. The van der Waals surface area contributed by atoms with Gasteiger partial charge in [0.05, 0.1) is 20.8 Å². The fourth-order valence-electron chi connectivity index (χ4n) is 5.82. The van der Waals surface area contributed by atoms with Crippen LogP contribution in [0.2, 0.25) is 15.1 Å². The standard InChI is InChI=1S/C29H30Cl3FN6O2/c1-4-21(40)38-6-8-39(9-7-38)29-17-13-18(30)22-23-24(33)19(31)14-20(32)26(23)34-5-10-41-27(22)25(17)35-28(36-29)15-11-16(12-15)37(2)3/h4,13-16,34H,1,5-12H2,2-3H3. The van der Waals surface area contributed by atoms with Crippen molar-refractivity contribution in [2.24, 2.45) is 0 Å².